The van der Waals surface area contributed by atoms with Crippen LogP contribution in [0.2, 0.25) is 10.0 Å². The zero-order valence-electron chi connectivity index (χ0n) is 11.9. The summed E-state index contributed by atoms with van der Waals surface area (Å²) in [6.07, 6.45) is 3.05. The Morgan fingerprint density at radius 2 is 1.91 bits per heavy atom. The van der Waals surface area contributed by atoms with E-state index in [1.54, 1.807) is 29.1 Å². The molecule has 1 amide bonds. The van der Waals surface area contributed by atoms with Crippen LogP contribution in [0.25, 0.3) is 11.0 Å². The highest BCUT2D eigenvalue weighted by atomic mass is 35.5. The van der Waals surface area contributed by atoms with Crippen molar-refractivity contribution in [1.82, 2.24) is 15.0 Å². The number of halogens is 2. The molecule has 1 N–H and O–H groups in total. The Morgan fingerprint density at radius 1 is 1.17 bits per heavy atom. The molecule has 1 heterocycles. The van der Waals surface area contributed by atoms with Crippen molar-refractivity contribution in [1.29, 1.82) is 0 Å². The van der Waals surface area contributed by atoms with Crippen LogP contribution in [0.3, 0.4) is 0 Å². The van der Waals surface area contributed by atoms with Gasteiger partial charge in [0, 0.05) is 5.56 Å². The zero-order chi connectivity index (χ0) is 16.2. The minimum Gasteiger partial charge on any atom is -0.321 e. The highest BCUT2D eigenvalue weighted by Gasteiger charge is 2.06. The third kappa shape index (κ3) is 3.52. The smallest absolute Gasteiger partial charge is 0.260 e. The molecule has 0 aliphatic carbocycles. The van der Waals surface area contributed by atoms with Gasteiger partial charge < -0.3 is 4.57 Å². The molecule has 0 atom stereocenters. The van der Waals surface area contributed by atoms with Gasteiger partial charge in [-0.25, -0.2) is 10.4 Å². The average Bonchev–Trinajstić information content (AvgIpc) is 2.93. The second-order valence-electron chi connectivity index (χ2n) is 4.79. The molecule has 3 rings (SSSR count). The standard InChI is InChI=1S/C16H12Cl2N4O/c17-12-4-3-5-13(18)11(12)8-20-21-16(23)9-22-10-19-14-6-1-2-7-15(14)22/h1-8,10H,9H2,(H,21,23). The summed E-state index contributed by atoms with van der Waals surface area (Å²) >= 11 is 12.0. The fourth-order valence-electron chi connectivity index (χ4n) is 2.13. The molecule has 0 radical (unpaired) electrons. The van der Waals surface area contributed by atoms with E-state index in [1.165, 1.54) is 6.21 Å². The van der Waals surface area contributed by atoms with Crippen LogP contribution in [0, 0.1) is 0 Å². The fraction of sp³-hybridized carbons (Fsp3) is 0.0625. The first-order valence-corrected chi connectivity index (χ1v) is 7.56. The predicted octanol–water partition coefficient (Wildman–Crippen LogP) is 3.49. The van der Waals surface area contributed by atoms with Crippen LogP contribution < -0.4 is 5.43 Å². The summed E-state index contributed by atoms with van der Waals surface area (Å²) in [7, 11) is 0. The summed E-state index contributed by atoms with van der Waals surface area (Å²) in [5.74, 6) is -0.271. The van der Waals surface area contributed by atoms with Crippen molar-refractivity contribution < 1.29 is 4.79 Å². The maximum Gasteiger partial charge on any atom is 0.260 e. The first-order valence-electron chi connectivity index (χ1n) is 6.81. The molecule has 0 unspecified atom stereocenters. The lowest BCUT2D eigenvalue weighted by atomic mass is 10.2. The zero-order valence-corrected chi connectivity index (χ0v) is 13.4. The van der Waals surface area contributed by atoms with Crippen LogP contribution >= 0.6 is 23.2 Å². The molecule has 0 bridgehead atoms. The Balaban J connectivity index is 1.67. The number of aromatic nitrogens is 2. The van der Waals surface area contributed by atoms with Crippen LogP contribution in [0.5, 0.6) is 0 Å². The van der Waals surface area contributed by atoms with Crippen LogP contribution in [0.1, 0.15) is 5.56 Å². The first kappa shape index (κ1) is 15.5. The molecule has 0 spiro atoms. The van der Waals surface area contributed by atoms with Crippen LogP contribution in [0.4, 0.5) is 0 Å². The molecule has 1 aromatic heterocycles. The van der Waals surface area contributed by atoms with Gasteiger partial charge in [0.25, 0.3) is 5.91 Å². The van der Waals surface area contributed by atoms with Crippen molar-refractivity contribution in [3.8, 4) is 0 Å². The highest BCUT2D eigenvalue weighted by molar-refractivity contribution is 6.38. The summed E-state index contributed by atoms with van der Waals surface area (Å²) in [6, 6.07) is 12.7. The predicted molar refractivity (Wildman–Crippen MR) is 91.9 cm³/mol. The number of imidazole rings is 1. The van der Waals surface area contributed by atoms with Crippen molar-refractivity contribution in [2.45, 2.75) is 6.54 Å². The number of rotatable bonds is 4. The number of nitrogens with one attached hydrogen (secondary N) is 1. The summed E-state index contributed by atoms with van der Waals surface area (Å²) < 4.78 is 1.75. The molecule has 0 saturated heterocycles. The second-order valence-corrected chi connectivity index (χ2v) is 5.60. The molecule has 116 valence electrons. The molecule has 23 heavy (non-hydrogen) atoms. The van der Waals surface area contributed by atoms with E-state index in [1.807, 2.05) is 24.3 Å². The van der Waals surface area contributed by atoms with Gasteiger partial charge in [0.15, 0.2) is 0 Å². The summed E-state index contributed by atoms with van der Waals surface area (Å²) in [4.78, 5) is 16.2. The fourth-order valence-corrected chi connectivity index (χ4v) is 2.62. The number of carbonyl (C=O) groups is 1. The van der Waals surface area contributed by atoms with E-state index in [0.717, 1.165) is 11.0 Å². The number of benzene rings is 2. The molecule has 7 heteroatoms. The van der Waals surface area contributed by atoms with E-state index in [4.69, 9.17) is 23.2 Å². The molecule has 0 aliphatic rings. The molecule has 0 fully saturated rings. The third-order valence-corrected chi connectivity index (χ3v) is 3.88. The Bertz CT molecular complexity index is 868. The summed E-state index contributed by atoms with van der Waals surface area (Å²) in [5.41, 5.74) is 4.74. The van der Waals surface area contributed by atoms with E-state index in [0.29, 0.717) is 15.6 Å². The van der Waals surface area contributed by atoms with Crippen molar-refractivity contribution in [3.63, 3.8) is 0 Å². The van der Waals surface area contributed by atoms with Gasteiger partial charge in [-0.05, 0) is 24.3 Å². The number of carbonyl (C=O) groups excluding carboxylic acids is 1. The molecule has 3 aromatic rings. The Hall–Kier alpha value is -2.37. The summed E-state index contributed by atoms with van der Waals surface area (Å²) in [6.45, 7) is 0.119. The normalized spacial score (nSPS) is 11.2. The third-order valence-electron chi connectivity index (χ3n) is 3.22. The van der Waals surface area contributed by atoms with E-state index < -0.39 is 0 Å². The van der Waals surface area contributed by atoms with Gasteiger partial charge in [0.2, 0.25) is 0 Å². The number of para-hydroxylation sites is 2. The largest absolute Gasteiger partial charge is 0.321 e. The van der Waals surface area contributed by atoms with Gasteiger partial charge in [-0.1, -0.05) is 41.4 Å². The van der Waals surface area contributed by atoms with Crippen molar-refractivity contribution >= 4 is 46.4 Å². The Morgan fingerprint density at radius 3 is 2.70 bits per heavy atom. The number of hydrogen-bond donors (Lipinski definition) is 1. The molecule has 2 aromatic carbocycles. The molecule has 0 aliphatic heterocycles. The lowest BCUT2D eigenvalue weighted by Gasteiger charge is -2.03. The minimum absolute atomic E-state index is 0.119. The minimum atomic E-state index is -0.271. The van der Waals surface area contributed by atoms with E-state index in [-0.39, 0.29) is 12.5 Å². The first-order chi connectivity index (χ1) is 11.1. The maximum absolute atomic E-state index is 12.0. The number of fused-ring (bicyclic) bond motifs is 1. The maximum atomic E-state index is 12.0. The average molecular weight is 347 g/mol. The summed E-state index contributed by atoms with van der Waals surface area (Å²) in [5, 5.41) is 4.83. The Labute approximate surface area is 142 Å². The highest BCUT2D eigenvalue weighted by Crippen LogP contribution is 2.22. The number of hydrogen-bond acceptors (Lipinski definition) is 3. The monoisotopic (exact) mass is 346 g/mol. The van der Waals surface area contributed by atoms with E-state index in [9.17, 15) is 4.79 Å². The van der Waals surface area contributed by atoms with E-state index >= 15 is 0 Å². The van der Waals surface area contributed by atoms with Gasteiger partial charge in [-0.3, -0.25) is 4.79 Å². The van der Waals surface area contributed by atoms with Gasteiger partial charge >= 0.3 is 0 Å². The lowest BCUT2D eigenvalue weighted by Crippen LogP contribution is -2.22. The van der Waals surface area contributed by atoms with Crippen LogP contribution in [-0.4, -0.2) is 21.7 Å². The van der Waals surface area contributed by atoms with E-state index in [2.05, 4.69) is 15.5 Å². The SMILES string of the molecule is O=C(Cn1cnc2ccccc21)NN=Cc1c(Cl)cccc1Cl. The van der Waals surface area contributed by atoms with Gasteiger partial charge in [-0.2, -0.15) is 5.10 Å². The van der Waals surface area contributed by atoms with Gasteiger partial charge in [0.05, 0.1) is 33.6 Å². The topological polar surface area (TPSA) is 59.3 Å². The van der Waals surface area contributed by atoms with Crippen molar-refractivity contribution in [2.24, 2.45) is 5.10 Å². The van der Waals surface area contributed by atoms with Crippen LogP contribution in [0.15, 0.2) is 53.9 Å². The molecule has 5 nitrogen and oxygen atoms in total. The number of nitrogens with zero attached hydrogens (tertiary/aromatic N) is 3. The molecular weight excluding hydrogens is 335 g/mol. The van der Waals surface area contributed by atoms with Crippen molar-refractivity contribution in [2.75, 3.05) is 0 Å². The lowest BCUT2D eigenvalue weighted by molar-refractivity contribution is -0.121. The molecular formula is C16H12Cl2N4O. The van der Waals surface area contributed by atoms with Crippen molar-refractivity contribution in [3.05, 3.63) is 64.4 Å². The van der Waals surface area contributed by atoms with Crippen LogP contribution in [-0.2, 0) is 11.3 Å². The van der Waals surface area contributed by atoms with Gasteiger partial charge in [-0.15, -0.1) is 0 Å². The second kappa shape index (κ2) is 6.81. The number of hydrazone groups is 1. The van der Waals surface area contributed by atoms with Gasteiger partial charge in [0.1, 0.15) is 6.54 Å². The molecule has 0 saturated carbocycles. The Kier molecular flexibility index (Phi) is 4.60. The quantitative estimate of drug-likeness (QED) is 0.580. The number of amides is 1.